The lowest BCUT2D eigenvalue weighted by Crippen LogP contribution is -2.19. The third-order valence-electron chi connectivity index (χ3n) is 2.66. The fourth-order valence-electron chi connectivity index (χ4n) is 1.78. The van der Waals surface area contributed by atoms with Crippen LogP contribution in [-0.2, 0) is 7.05 Å². The fourth-order valence-corrected chi connectivity index (χ4v) is 1.78. The van der Waals surface area contributed by atoms with E-state index >= 15 is 0 Å². The van der Waals surface area contributed by atoms with Crippen LogP contribution in [0.25, 0.3) is 16.9 Å². The van der Waals surface area contributed by atoms with Gasteiger partial charge in [-0.2, -0.15) is 0 Å². The van der Waals surface area contributed by atoms with E-state index in [4.69, 9.17) is 0 Å². The molecule has 84 valence electrons. The number of rotatable bonds is 1. The van der Waals surface area contributed by atoms with Crippen LogP contribution < -0.4 is 5.56 Å². The molecule has 1 aromatic carbocycles. The summed E-state index contributed by atoms with van der Waals surface area (Å²) < 4.78 is 3.22. The minimum Gasteiger partial charge on any atom is -0.318 e. The molecule has 0 spiro atoms. The molecule has 5 heteroatoms. The molecule has 0 aliphatic heterocycles. The number of aromatic nitrogens is 4. The molecule has 3 aromatic rings. The van der Waals surface area contributed by atoms with Crippen molar-refractivity contribution in [2.75, 3.05) is 0 Å². The Balaban J connectivity index is 2.33. The van der Waals surface area contributed by atoms with Gasteiger partial charge in [-0.25, -0.2) is 9.97 Å². The van der Waals surface area contributed by atoms with Crippen molar-refractivity contribution < 1.29 is 0 Å². The zero-order valence-electron chi connectivity index (χ0n) is 9.24. The van der Waals surface area contributed by atoms with Crippen molar-refractivity contribution in [1.82, 2.24) is 19.1 Å². The molecule has 0 saturated heterocycles. The van der Waals surface area contributed by atoms with Crippen molar-refractivity contribution in [3.8, 4) is 5.69 Å². The van der Waals surface area contributed by atoms with Gasteiger partial charge in [0.2, 0.25) is 0 Å². The molecule has 0 bridgehead atoms. The number of hydrogen-bond acceptors (Lipinski definition) is 3. The topological polar surface area (TPSA) is 52.7 Å². The SMILES string of the molecule is Cn1cnc2c(=O)n(-c3ccccc3)cnc21. The average molecular weight is 226 g/mol. The fraction of sp³-hybridized carbons (Fsp3) is 0.0833. The van der Waals surface area contributed by atoms with Gasteiger partial charge < -0.3 is 4.57 Å². The summed E-state index contributed by atoms with van der Waals surface area (Å²) >= 11 is 0. The molecule has 0 atom stereocenters. The maximum atomic E-state index is 12.2. The predicted molar refractivity (Wildman–Crippen MR) is 64.1 cm³/mol. The van der Waals surface area contributed by atoms with E-state index < -0.39 is 0 Å². The third kappa shape index (κ3) is 1.44. The number of fused-ring (bicyclic) bond motifs is 1. The third-order valence-corrected chi connectivity index (χ3v) is 2.66. The van der Waals surface area contributed by atoms with Crippen molar-refractivity contribution in [3.05, 3.63) is 53.3 Å². The molecule has 0 saturated carbocycles. The van der Waals surface area contributed by atoms with Crippen LogP contribution in [0, 0.1) is 0 Å². The lowest BCUT2D eigenvalue weighted by atomic mass is 10.3. The first-order valence-electron chi connectivity index (χ1n) is 5.21. The summed E-state index contributed by atoms with van der Waals surface area (Å²) in [6.45, 7) is 0. The van der Waals surface area contributed by atoms with Gasteiger partial charge in [0, 0.05) is 7.05 Å². The highest BCUT2D eigenvalue weighted by Gasteiger charge is 2.08. The first kappa shape index (κ1) is 9.77. The molecule has 2 heterocycles. The second-order valence-electron chi connectivity index (χ2n) is 3.78. The number of imidazole rings is 1. The van der Waals surface area contributed by atoms with Crippen LogP contribution in [0.1, 0.15) is 0 Å². The first-order valence-corrected chi connectivity index (χ1v) is 5.21. The Morgan fingerprint density at radius 1 is 1.06 bits per heavy atom. The van der Waals surface area contributed by atoms with E-state index in [1.807, 2.05) is 37.4 Å². The Morgan fingerprint density at radius 2 is 1.82 bits per heavy atom. The monoisotopic (exact) mass is 226 g/mol. The smallest absolute Gasteiger partial charge is 0.286 e. The average Bonchev–Trinajstić information content (AvgIpc) is 2.74. The molecular weight excluding hydrogens is 216 g/mol. The summed E-state index contributed by atoms with van der Waals surface area (Å²) in [5.41, 5.74) is 1.63. The molecule has 0 N–H and O–H groups in total. The van der Waals surface area contributed by atoms with Gasteiger partial charge in [0.05, 0.1) is 12.0 Å². The van der Waals surface area contributed by atoms with Gasteiger partial charge in [0.25, 0.3) is 5.56 Å². The van der Waals surface area contributed by atoms with Gasteiger partial charge >= 0.3 is 0 Å². The van der Waals surface area contributed by atoms with Crippen molar-refractivity contribution >= 4 is 11.2 Å². The van der Waals surface area contributed by atoms with Crippen molar-refractivity contribution in [2.45, 2.75) is 0 Å². The van der Waals surface area contributed by atoms with Crippen LogP contribution in [0.5, 0.6) is 0 Å². The van der Waals surface area contributed by atoms with E-state index in [9.17, 15) is 4.79 Å². The summed E-state index contributed by atoms with van der Waals surface area (Å²) in [5, 5.41) is 0. The minimum absolute atomic E-state index is 0.151. The number of hydrogen-bond donors (Lipinski definition) is 0. The second-order valence-corrected chi connectivity index (χ2v) is 3.78. The van der Waals surface area contributed by atoms with E-state index in [-0.39, 0.29) is 5.56 Å². The molecule has 3 rings (SSSR count). The van der Waals surface area contributed by atoms with Gasteiger partial charge in [-0.1, -0.05) is 18.2 Å². The number of benzene rings is 1. The summed E-state index contributed by atoms with van der Waals surface area (Å²) in [5.74, 6) is 0. The molecule has 0 aliphatic rings. The van der Waals surface area contributed by atoms with Gasteiger partial charge in [-0.05, 0) is 12.1 Å². The summed E-state index contributed by atoms with van der Waals surface area (Å²) in [6, 6.07) is 9.38. The van der Waals surface area contributed by atoms with Crippen LogP contribution in [-0.4, -0.2) is 19.1 Å². The lowest BCUT2D eigenvalue weighted by Gasteiger charge is -2.04. The maximum Gasteiger partial charge on any atom is 0.286 e. The highest BCUT2D eigenvalue weighted by molar-refractivity contribution is 5.69. The van der Waals surface area contributed by atoms with Gasteiger partial charge in [0.1, 0.15) is 6.33 Å². The standard InChI is InChI=1S/C12H10N4O/c1-15-7-13-10-11(15)14-8-16(12(10)17)9-5-3-2-4-6-9/h2-8H,1H3. The maximum absolute atomic E-state index is 12.2. The van der Waals surface area contributed by atoms with Gasteiger partial charge in [0.15, 0.2) is 11.2 Å². The Bertz CT molecular complexity index is 727. The van der Waals surface area contributed by atoms with E-state index in [2.05, 4.69) is 9.97 Å². The van der Waals surface area contributed by atoms with Gasteiger partial charge in [-0.15, -0.1) is 0 Å². The quantitative estimate of drug-likeness (QED) is 0.624. The van der Waals surface area contributed by atoms with Gasteiger partial charge in [-0.3, -0.25) is 9.36 Å². The molecule has 0 unspecified atom stereocenters. The molecule has 5 nitrogen and oxygen atoms in total. The van der Waals surface area contributed by atoms with E-state index in [1.54, 1.807) is 10.9 Å². The Morgan fingerprint density at radius 3 is 2.59 bits per heavy atom. The highest BCUT2D eigenvalue weighted by Crippen LogP contribution is 2.07. The van der Waals surface area contributed by atoms with Crippen LogP contribution in [0.3, 0.4) is 0 Å². The molecule has 0 radical (unpaired) electrons. The lowest BCUT2D eigenvalue weighted by molar-refractivity contribution is 0.909. The summed E-state index contributed by atoms with van der Waals surface area (Å²) in [7, 11) is 1.81. The Kier molecular flexibility index (Phi) is 2.04. The van der Waals surface area contributed by atoms with E-state index in [1.165, 1.54) is 10.9 Å². The van der Waals surface area contributed by atoms with Crippen LogP contribution in [0.15, 0.2) is 47.8 Å². The van der Waals surface area contributed by atoms with Crippen LogP contribution in [0.4, 0.5) is 0 Å². The minimum atomic E-state index is -0.151. The summed E-state index contributed by atoms with van der Waals surface area (Å²) in [4.78, 5) is 20.5. The summed E-state index contributed by atoms with van der Waals surface area (Å²) in [6.07, 6.45) is 3.12. The highest BCUT2D eigenvalue weighted by atomic mass is 16.1. The molecule has 2 aromatic heterocycles. The predicted octanol–water partition coefficient (Wildman–Crippen LogP) is 1.12. The van der Waals surface area contributed by atoms with E-state index in [0.29, 0.717) is 11.2 Å². The number of aryl methyl sites for hydroxylation is 1. The van der Waals surface area contributed by atoms with Crippen LogP contribution in [0.2, 0.25) is 0 Å². The Hall–Kier alpha value is -2.43. The first-order chi connectivity index (χ1) is 8.27. The number of para-hydroxylation sites is 1. The molecular formula is C12H10N4O. The van der Waals surface area contributed by atoms with Crippen LogP contribution >= 0.6 is 0 Å². The molecule has 0 fully saturated rings. The van der Waals surface area contributed by atoms with Crippen molar-refractivity contribution in [1.29, 1.82) is 0 Å². The Labute approximate surface area is 97.0 Å². The zero-order chi connectivity index (χ0) is 11.8. The molecule has 17 heavy (non-hydrogen) atoms. The largest absolute Gasteiger partial charge is 0.318 e. The van der Waals surface area contributed by atoms with E-state index in [0.717, 1.165) is 5.69 Å². The zero-order valence-corrected chi connectivity index (χ0v) is 9.24. The second kappa shape index (κ2) is 3.55. The normalized spacial score (nSPS) is 10.9. The molecule has 0 amide bonds. The van der Waals surface area contributed by atoms with Crippen molar-refractivity contribution in [2.24, 2.45) is 7.05 Å². The molecule has 0 aliphatic carbocycles. The van der Waals surface area contributed by atoms with Crippen molar-refractivity contribution in [3.63, 3.8) is 0 Å². The number of nitrogens with zero attached hydrogens (tertiary/aromatic N) is 4.